The van der Waals surface area contributed by atoms with Crippen LogP contribution in [0.3, 0.4) is 0 Å². The van der Waals surface area contributed by atoms with Crippen molar-refractivity contribution in [2.24, 2.45) is 0 Å². The van der Waals surface area contributed by atoms with E-state index in [1.807, 2.05) is 36.4 Å². The highest BCUT2D eigenvalue weighted by molar-refractivity contribution is 7.98. The molecule has 0 aliphatic carbocycles. The maximum absolute atomic E-state index is 13.7. The molecule has 1 N–H and O–H groups in total. The maximum atomic E-state index is 13.7. The van der Waals surface area contributed by atoms with E-state index >= 15 is 0 Å². The Labute approximate surface area is 159 Å². The summed E-state index contributed by atoms with van der Waals surface area (Å²) in [6.45, 7) is 1.73. The van der Waals surface area contributed by atoms with E-state index in [1.165, 1.54) is 22.3 Å². The van der Waals surface area contributed by atoms with Crippen molar-refractivity contribution in [1.29, 1.82) is 0 Å². The average Bonchev–Trinajstić information content (AvgIpc) is 3.06. The van der Waals surface area contributed by atoms with Crippen molar-refractivity contribution < 1.29 is 9.50 Å². The lowest BCUT2D eigenvalue weighted by Crippen LogP contribution is -1.96. The number of halogens is 1. The summed E-state index contributed by atoms with van der Waals surface area (Å²) in [4.78, 5) is 9.70. The predicted octanol–water partition coefficient (Wildman–Crippen LogP) is 4.16. The molecular formula is C20H17FN4OS. The van der Waals surface area contributed by atoms with Crippen LogP contribution in [0.25, 0.3) is 5.78 Å². The van der Waals surface area contributed by atoms with Crippen molar-refractivity contribution in [3.63, 3.8) is 0 Å². The maximum Gasteiger partial charge on any atom is 0.255 e. The molecule has 2 heterocycles. The predicted molar refractivity (Wildman–Crippen MR) is 102 cm³/mol. The van der Waals surface area contributed by atoms with Crippen LogP contribution < -0.4 is 0 Å². The molecule has 0 fully saturated rings. The van der Waals surface area contributed by atoms with Gasteiger partial charge < -0.3 is 5.11 Å². The number of aromatic hydroxyl groups is 1. The molecule has 0 aliphatic heterocycles. The highest BCUT2D eigenvalue weighted by Gasteiger charge is 2.11. The average molecular weight is 380 g/mol. The van der Waals surface area contributed by atoms with Gasteiger partial charge in [-0.15, -0.1) is 16.9 Å². The van der Waals surface area contributed by atoms with E-state index in [0.717, 1.165) is 10.5 Å². The fourth-order valence-electron chi connectivity index (χ4n) is 2.69. The van der Waals surface area contributed by atoms with E-state index in [0.29, 0.717) is 35.0 Å². The van der Waals surface area contributed by atoms with Gasteiger partial charge in [0.25, 0.3) is 5.78 Å². The normalized spacial score (nSPS) is 11.2. The first-order valence-electron chi connectivity index (χ1n) is 8.46. The van der Waals surface area contributed by atoms with E-state index in [-0.39, 0.29) is 11.7 Å². The van der Waals surface area contributed by atoms with Gasteiger partial charge in [-0.3, -0.25) is 0 Å². The van der Waals surface area contributed by atoms with Gasteiger partial charge in [-0.2, -0.15) is 9.50 Å². The van der Waals surface area contributed by atoms with Gasteiger partial charge >= 0.3 is 0 Å². The van der Waals surface area contributed by atoms with Crippen LogP contribution in [0.4, 0.5) is 4.39 Å². The summed E-state index contributed by atoms with van der Waals surface area (Å²) in [5.74, 6) is 1.20. The second-order valence-electron chi connectivity index (χ2n) is 6.21. The number of rotatable bonds is 5. The van der Waals surface area contributed by atoms with Crippen molar-refractivity contribution >= 4 is 17.5 Å². The molecular weight excluding hydrogens is 363 g/mol. The number of hydrogen-bond donors (Lipinski definition) is 1. The standard InChI is InChI=1S/C20H17FN4OS/c1-13-7-8-16(11-17(13)21)27-12-15-10-19(26)25-20(22-15)23-18(24-25)9-14-5-3-2-4-6-14/h2-8,10-11,26H,9,12H2,1H3. The van der Waals surface area contributed by atoms with Gasteiger partial charge in [0.15, 0.2) is 5.82 Å². The molecule has 0 amide bonds. The summed E-state index contributed by atoms with van der Waals surface area (Å²) in [6, 6.07) is 16.6. The van der Waals surface area contributed by atoms with Crippen LogP contribution in [0.1, 0.15) is 22.6 Å². The zero-order valence-electron chi connectivity index (χ0n) is 14.6. The van der Waals surface area contributed by atoms with Crippen molar-refractivity contribution in [3.8, 4) is 5.88 Å². The van der Waals surface area contributed by atoms with Gasteiger partial charge in [0.2, 0.25) is 5.88 Å². The molecule has 27 heavy (non-hydrogen) atoms. The molecule has 136 valence electrons. The smallest absolute Gasteiger partial charge is 0.255 e. The molecule has 7 heteroatoms. The summed E-state index contributed by atoms with van der Waals surface area (Å²) in [5, 5.41) is 14.6. The highest BCUT2D eigenvalue weighted by atomic mass is 32.2. The monoisotopic (exact) mass is 380 g/mol. The summed E-state index contributed by atoms with van der Waals surface area (Å²) in [6.07, 6.45) is 0.566. The first-order valence-corrected chi connectivity index (χ1v) is 9.44. The van der Waals surface area contributed by atoms with Crippen molar-refractivity contribution in [1.82, 2.24) is 19.6 Å². The van der Waals surface area contributed by atoms with E-state index in [4.69, 9.17) is 0 Å². The fraction of sp³-hybridized carbons (Fsp3) is 0.150. The SMILES string of the molecule is Cc1ccc(SCc2cc(O)n3nc(Cc4ccccc4)nc3n2)cc1F. The Bertz CT molecular complexity index is 1100. The van der Waals surface area contributed by atoms with Gasteiger partial charge in [-0.25, -0.2) is 9.37 Å². The molecule has 2 aromatic carbocycles. The molecule has 5 nitrogen and oxygen atoms in total. The first-order chi connectivity index (χ1) is 13.1. The van der Waals surface area contributed by atoms with Gasteiger partial charge in [0.05, 0.1) is 5.69 Å². The molecule has 4 rings (SSSR count). The van der Waals surface area contributed by atoms with Gasteiger partial charge in [-0.05, 0) is 30.2 Å². The lowest BCUT2D eigenvalue weighted by Gasteiger charge is -2.04. The summed E-state index contributed by atoms with van der Waals surface area (Å²) < 4.78 is 15.0. The molecule has 0 aliphatic rings. The third-order valence-electron chi connectivity index (χ3n) is 4.13. The third kappa shape index (κ3) is 3.93. The Morgan fingerprint density at radius 2 is 1.89 bits per heavy atom. The Balaban J connectivity index is 1.54. The van der Waals surface area contributed by atoms with Crippen molar-refractivity contribution in [2.45, 2.75) is 24.0 Å². The van der Waals surface area contributed by atoms with E-state index < -0.39 is 0 Å². The summed E-state index contributed by atoms with van der Waals surface area (Å²) in [7, 11) is 0. The van der Waals surface area contributed by atoms with E-state index in [2.05, 4.69) is 15.1 Å². The van der Waals surface area contributed by atoms with Crippen LogP contribution in [-0.2, 0) is 12.2 Å². The largest absolute Gasteiger partial charge is 0.493 e. The Morgan fingerprint density at radius 3 is 2.67 bits per heavy atom. The number of aryl methyl sites for hydroxylation is 1. The number of nitrogens with zero attached hydrogens (tertiary/aromatic N) is 4. The Hall–Kier alpha value is -2.93. The minimum atomic E-state index is -0.228. The fourth-order valence-corrected chi connectivity index (χ4v) is 3.50. The third-order valence-corrected chi connectivity index (χ3v) is 5.15. The number of aromatic nitrogens is 4. The molecule has 0 saturated carbocycles. The molecule has 4 aromatic rings. The number of fused-ring (bicyclic) bond motifs is 1. The number of benzene rings is 2. The minimum Gasteiger partial charge on any atom is -0.493 e. The van der Waals surface area contributed by atoms with E-state index in [1.54, 1.807) is 19.1 Å². The van der Waals surface area contributed by atoms with Crippen LogP contribution >= 0.6 is 11.8 Å². The Kier molecular flexibility index (Phi) is 4.77. The molecule has 0 unspecified atom stereocenters. The lowest BCUT2D eigenvalue weighted by molar-refractivity contribution is 0.434. The quantitative estimate of drug-likeness (QED) is 0.527. The molecule has 0 radical (unpaired) electrons. The van der Waals surface area contributed by atoms with Crippen molar-refractivity contribution in [3.05, 3.63) is 83.1 Å². The highest BCUT2D eigenvalue weighted by Crippen LogP contribution is 2.25. The van der Waals surface area contributed by atoms with Gasteiger partial charge in [0, 0.05) is 23.1 Å². The zero-order chi connectivity index (χ0) is 18.8. The van der Waals surface area contributed by atoms with Crippen LogP contribution in [0, 0.1) is 12.7 Å². The molecule has 0 spiro atoms. The van der Waals surface area contributed by atoms with Gasteiger partial charge in [0.1, 0.15) is 5.82 Å². The van der Waals surface area contributed by atoms with Crippen LogP contribution in [-0.4, -0.2) is 24.7 Å². The molecule has 2 aromatic heterocycles. The van der Waals surface area contributed by atoms with Crippen molar-refractivity contribution in [2.75, 3.05) is 0 Å². The number of hydrogen-bond acceptors (Lipinski definition) is 5. The topological polar surface area (TPSA) is 63.3 Å². The molecule has 0 saturated heterocycles. The molecule has 0 bridgehead atoms. The second-order valence-corrected chi connectivity index (χ2v) is 7.26. The van der Waals surface area contributed by atoms with Crippen LogP contribution in [0.5, 0.6) is 5.88 Å². The first kappa shape index (κ1) is 17.5. The number of thioether (sulfide) groups is 1. The molecule has 0 atom stereocenters. The van der Waals surface area contributed by atoms with Gasteiger partial charge in [-0.1, -0.05) is 36.4 Å². The zero-order valence-corrected chi connectivity index (χ0v) is 15.4. The Morgan fingerprint density at radius 1 is 1.07 bits per heavy atom. The summed E-state index contributed by atoms with van der Waals surface area (Å²) >= 11 is 1.45. The lowest BCUT2D eigenvalue weighted by atomic mass is 10.1. The van der Waals surface area contributed by atoms with Crippen LogP contribution in [0.2, 0.25) is 0 Å². The summed E-state index contributed by atoms with van der Waals surface area (Å²) in [5.41, 5.74) is 2.36. The second kappa shape index (κ2) is 7.36. The van der Waals surface area contributed by atoms with Crippen LogP contribution in [0.15, 0.2) is 59.5 Å². The van der Waals surface area contributed by atoms with E-state index in [9.17, 15) is 9.50 Å². The minimum absolute atomic E-state index is 0.0162.